The normalized spacial score (nSPS) is 14.3. The minimum absolute atomic E-state index is 0.0379. The first-order valence-corrected chi connectivity index (χ1v) is 8.55. The number of amides is 2. The number of H-pyrrole nitrogens is 1. The molecule has 0 spiro atoms. The summed E-state index contributed by atoms with van der Waals surface area (Å²) in [7, 11) is 0. The second-order valence-electron chi connectivity index (χ2n) is 6.04. The van der Waals surface area contributed by atoms with Gasteiger partial charge in [-0.2, -0.15) is 0 Å². The third-order valence-electron chi connectivity index (χ3n) is 4.28. The van der Waals surface area contributed by atoms with E-state index in [9.17, 15) is 23.6 Å². The first-order valence-electron chi connectivity index (χ1n) is 8.17. The summed E-state index contributed by atoms with van der Waals surface area (Å²) in [6.45, 7) is 0.966. The monoisotopic (exact) mass is 394 g/mol. The standard InChI is InChI=1S/C17H16ClFN4O4/c18-13-9-11(19)1-2-12(13)16(26)22-7-5-21(6-8-22)15(25)10-23-4-3-14(24)20-17(23)27/h1-4,9H,5-8,10H2,(H,20,24,27). The third kappa shape index (κ3) is 4.25. The Kier molecular flexibility index (Phi) is 5.41. The topological polar surface area (TPSA) is 95.5 Å². The van der Waals surface area contributed by atoms with Crippen molar-refractivity contribution in [3.63, 3.8) is 0 Å². The van der Waals surface area contributed by atoms with E-state index in [0.717, 1.165) is 16.7 Å². The van der Waals surface area contributed by atoms with Gasteiger partial charge in [0.25, 0.3) is 11.5 Å². The van der Waals surface area contributed by atoms with Gasteiger partial charge < -0.3 is 9.80 Å². The fourth-order valence-corrected chi connectivity index (χ4v) is 3.05. The zero-order valence-corrected chi connectivity index (χ0v) is 14.9. The van der Waals surface area contributed by atoms with E-state index in [1.807, 2.05) is 0 Å². The Labute approximate surface area is 157 Å². The van der Waals surface area contributed by atoms with E-state index < -0.39 is 17.1 Å². The van der Waals surface area contributed by atoms with E-state index in [-0.39, 0.29) is 28.9 Å². The molecule has 1 saturated heterocycles. The van der Waals surface area contributed by atoms with Crippen molar-refractivity contribution in [3.8, 4) is 0 Å². The Hall–Kier alpha value is -2.94. The maximum Gasteiger partial charge on any atom is 0.328 e. The summed E-state index contributed by atoms with van der Waals surface area (Å²) in [6.07, 6.45) is 1.26. The number of hydrogen-bond acceptors (Lipinski definition) is 4. The van der Waals surface area contributed by atoms with Crippen LogP contribution < -0.4 is 11.2 Å². The fourth-order valence-electron chi connectivity index (χ4n) is 2.81. The van der Waals surface area contributed by atoms with Crippen LogP contribution in [0.25, 0.3) is 0 Å². The molecule has 0 saturated carbocycles. The van der Waals surface area contributed by atoms with E-state index in [1.54, 1.807) is 0 Å². The highest BCUT2D eigenvalue weighted by atomic mass is 35.5. The van der Waals surface area contributed by atoms with Crippen LogP contribution in [0.2, 0.25) is 5.02 Å². The molecule has 2 amide bonds. The van der Waals surface area contributed by atoms with Gasteiger partial charge in [-0.3, -0.25) is 23.9 Å². The molecule has 0 radical (unpaired) electrons. The van der Waals surface area contributed by atoms with Gasteiger partial charge in [-0.05, 0) is 18.2 Å². The average molecular weight is 395 g/mol. The molecule has 1 aromatic carbocycles. The molecule has 3 rings (SSSR count). The minimum atomic E-state index is -0.657. The van der Waals surface area contributed by atoms with Gasteiger partial charge >= 0.3 is 5.69 Å². The summed E-state index contributed by atoms with van der Waals surface area (Å²) in [4.78, 5) is 52.7. The number of aromatic nitrogens is 2. The van der Waals surface area contributed by atoms with Crippen LogP contribution in [-0.4, -0.2) is 57.3 Å². The van der Waals surface area contributed by atoms with Crippen LogP contribution in [0.4, 0.5) is 4.39 Å². The van der Waals surface area contributed by atoms with Crippen LogP contribution in [0.15, 0.2) is 40.1 Å². The van der Waals surface area contributed by atoms with Crippen molar-refractivity contribution >= 4 is 23.4 Å². The molecule has 2 aromatic rings. The minimum Gasteiger partial charge on any atom is -0.338 e. The van der Waals surface area contributed by atoms with Gasteiger partial charge in [0, 0.05) is 38.4 Å². The number of rotatable bonds is 3. The molecule has 0 aliphatic carbocycles. The van der Waals surface area contributed by atoms with E-state index in [1.165, 1.54) is 28.1 Å². The Bertz CT molecular complexity index is 995. The van der Waals surface area contributed by atoms with Crippen molar-refractivity contribution in [1.29, 1.82) is 0 Å². The summed E-state index contributed by atoms with van der Waals surface area (Å²) in [6, 6.07) is 4.75. The second-order valence-corrected chi connectivity index (χ2v) is 6.44. The van der Waals surface area contributed by atoms with Gasteiger partial charge in [0.05, 0.1) is 10.6 Å². The molecule has 2 heterocycles. The molecular formula is C17H16ClFN4O4. The Morgan fingerprint density at radius 1 is 1.07 bits per heavy atom. The van der Waals surface area contributed by atoms with Crippen molar-refractivity contribution in [2.45, 2.75) is 6.54 Å². The van der Waals surface area contributed by atoms with Crippen molar-refractivity contribution in [2.75, 3.05) is 26.2 Å². The van der Waals surface area contributed by atoms with Crippen LogP contribution in [0, 0.1) is 5.82 Å². The van der Waals surface area contributed by atoms with Crippen LogP contribution in [0.3, 0.4) is 0 Å². The molecule has 142 valence electrons. The lowest BCUT2D eigenvalue weighted by Gasteiger charge is -2.35. The maximum atomic E-state index is 13.1. The molecule has 0 bridgehead atoms. The molecule has 1 fully saturated rings. The van der Waals surface area contributed by atoms with E-state index in [2.05, 4.69) is 4.98 Å². The van der Waals surface area contributed by atoms with Gasteiger partial charge in [0.15, 0.2) is 0 Å². The molecule has 0 unspecified atom stereocenters. The summed E-state index contributed by atoms with van der Waals surface area (Å²) < 4.78 is 14.2. The highest BCUT2D eigenvalue weighted by Crippen LogP contribution is 2.20. The second kappa shape index (κ2) is 7.75. The van der Waals surface area contributed by atoms with E-state index >= 15 is 0 Å². The molecule has 1 N–H and O–H groups in total. The van der Waals surface area contributed by atoms with Crippen molar-refractivity contribution in [1.82, 2.24) is 19.4 Å². The van der Waals surface area contributed by atoms with Gasteiger partial charge in [0.1, 0.15) is 12.4 Å². The number of nitrogens with one attached hydrogen (secondary N) is 1. The lowest BCUT2D eigenvalue weighted by Crippen LogP contribution is -2.51. The average Bonchev–Trinajstić information content (AvgIpc) is 2.63. The highest BCUT2D eigenvalue weighted by Gasteiger charge is 2.26. The zero-order chi connectivity index (χ0) is 19.6. The van der Waals surface area contributed by atoms with Crippen LogP contribution in [0.5, 0.6) is 0 Å². The number of carbonyl (C=O) groups is 2. The van der Waals surface area contributed by atoms with Crippen LogP contribution >= 0.6 is 11.6 Å². The summed E-state index contributed by atoms with van der Waals surface area (Å²) in [5, 5.41) is 0.0379. The van der Waals surface area contributed by atoms with Crippen LogP contribution in [0.1, 0.15) is 10.4 Å². The van der Waals surface area contributed by atoms with Gasteiger partial charge in [-0.15, -0.1) is 0 Å². The molecule has 1 aliphatic heterocycles. The summed E-state index contributed by atoms with van der Waals surface area (Å²) in [5.41, 5.74) is -0.983. The Balaban J connectivity index is 1.61. The fraction of sp³-hybridized carbons (Fsp3) is 0.294. The predicted molar refractivity (Wildman–Crippen MR) is 95.2 cm³/mol. The molecule has 10 heteroatoms. The number of halogens is 2. The first kappa shape index (κ1) is 18.8. The molecule has 1 aromatic heterocycles. The number of hydrogen-bond donors (Lipinski definition) is 1. The summed E-state index contributed by atoms with van der Waals surface area (Å²) >= 11 is 5.93. The number of carbonyl (C=O) groups excluding carboxylic acids is 2. The molecule has 8 nitrogen and oxygen atoms in total. The quantitative estimate of drug-likeness (QED) is 0.810. The van der Waals surface area contributed by atoms with Gasteiger partial charge in [-0.1, -0.05) is 11.6 Å². The lowest BCUT2D eigenvalue weighted by molar-refractivity contribution is -0.133. The molecule has 1 aliphatic rings. The van der Waals surface area contributed by atoms with Crippen molar-refractivity contribution < 1.29 is 14.0 Å². The first-order chi connectivity index (χ1) is 12.8. The summed E-state index contributed by atoms with van der Waals surface area (Å²) in [5.74, 6) is -1.15. The molecular weight excluding hydrogens is 379 g/mol. The third-order valence-corrected chi connectivity index (χ3v) is 4.60. The Morgan fingerprint density at radius 2 is 1.74 bits per heavy atom. The number of piperazine rings is 1. The van der Waals surface area contributed by atoms with Crippen molar-refractivity contribution in [3.05, 3.63) is 67.7 Å². The predicted octanol–water partition coefficient (Wildman–Crippen LogP) is 0.314. The lowest BCUT2D eigenvalue weighted by atomic mass is 10.1. The number of benzene rings is 1. The largest absolute Gasteiger partial charge is 0.338 e. The zero-order valence-electron chi connectivity index (χ0n) is 14.2. The van der Waals surface area contributed by atoms with E-state index in [0.29, 0.717) is 26.2 Å². The maximum absolute atomic E-state index is 13.1. The molecule has 0 atom stereocenters. The van der Waals surface area contributed by atoms with Gasteiger partial charge in [0.2, 0.25) is 5.91 Å². The highest BCUT2D eigenvalue weighted by molar-refractivity contribution is 6.33. The SMILES string of the molecule is O=C(Cn1ccc(=O)[nH]c1=O)N1CCN(C(=O)c2ccc(F)cc2Cl)CC1. The van der Waals surface area contributed by atoms with Crippen molar-refractivity contribution in [2.24, 2.45) is 0 Å². The van der Waals surface area contributed by atoms with Crippen LogP contribution in [-0.2, 0) is 11.3 Å². The van der Waals surface area contributed by atoms with Gasteiger partial charge in [-0.25, -0.2) is 9.18 Å². The molecule has 27 heavy (non-hydrogen) atoms. The number of nitrogens with zero attached hydrogens (tertiary/aromatic N) is 3. The number of aromatic amines is 1. The Morgan fingerprint density at radius 3 is 2.37 bits per heavy atom. The van der Waals surface area contributed by atoms with E-state index in [4.69, 9.17) is 11.6 Å². The smallest absolute Gasteiger partial charge is 0.328 e.